The first-order chi connectivity index (χ1) is 10.2. The van der Waals surface area contributed by atoms with Gasteiger partial charge in [-0.25, -0.2) is 0 Å². The van der Waals surface area contributed by atoms with Crippen LogP contribution in [0.4, 0.5) is 0 Å². The van der Waals surface area contributed by atoms with Gasteiger partial charge in [0.1, 0.15) is 11.5 Å². The molecule has 21 heavy (non-hydrogen) atoms. The van der Waals surface area contributed by atoms with Gasteiger partial charge in [-0.3, -0.25) is 4.79 Å². The molecular formula is C17H18NO3. The van der Waals surface area contributed by atoms with Crippen LogP contribution in [0.25, 0.3) is 0 Å². The van der Waals surface area contributed by atoms with Gasteiger partial charge in [0.15, 0.2) is 0 Å². The monoisotopic (exact) mass is 284 g/mol. The number of nitrogens with zero attached hydrogens (tertiary/aromatic N) is 1. The molecule has 0 unspecified atom stereocenters. The zero-order valence-electron chi connectivity index (χ0n) is 12.2. The summed E-state index contributed by atoms with van der Waals surface area (Å²) >= 11 is 0. The summed E-state index contributed by atoms with van der Waals surface area (Å²) in [7, 11) is 7.04. The number of rotatable bonds is 6. The number of hydrogen-bond acceptors (Lipinski definition) is 3. The summed E-state index contributed by atoms with van der Waals surface area (Å²) in [6.45, 7) is 0. The predicted octanol–water partition coefficient (Wildman–Crippen LogP) is 3.04. The SMILES string of the molecule is [CH2]N(C=O)C(c1ccc(OC)cc1)c1ccc(OC)cc1. The molecule has 2 aromatic carbocycles. The first-order valence-corrected chi connectivity index (χ1v) is 6.51. The number of methoxy groups -OCH3 is 2. The van der Waals surface area contributed by atoms with Crippen LogP contribution in [0.3, 0.4) is 0 Å². The van der Waals surface area contributed by atoms with Crippen LogP contribution in [0, 0.1) is 7.05 Å². The van der Waals surface area contributed by atoms with Gasteiger partial charge in [-0.1, -0.05) is 24.3 Å². The van der Waals surface area contributed by atoms with Crippen LogP contribution in [0.1, 0.15) is 17.2 Å². The molecule has 1 radical (unpaired) electrons. The summed E-state index contributed by atoms with van der Waals surface area (Å²) in [4.78, 5) is 12.5. The lowest BCUT2D eigenvalue weighted by molar-refractivity contribution is -0.117. The maximum Gasteiger partial charge on any atom is 0.210 e. The zero-order chi connectivity index (χ0) is 15.2. The molecular weight excluding hydrogens is 266 g/mol. The van der Waals surface area contributed by atoms with Crippen LogP contribution in [0.5, 0.6) is 11.5 Å². The lowest BCUT2D eigenvalue weighted by Crippen LogP contribution is -2.22. The van der Waals surface area contributed by atoms with E-state index in [9.17, 15) is 4.79 Å². The Morgan fingerprint density at radius 2 is 1.29 bits per heavy atom. The Hall–Kier alpha value is -2.49. The van der Waals surface area contributed by atoms with Crippen LogP contribution in [0.15, 0.2) is 48.5 Å². The van der Waals surface area contributed by atoms with Crippen molar-refractivity contribution in [3.8, 4) is 11.5 Å². The van der Waals surface area contributed by atoms with Gasteiger partial charge >= 0.3 is 0 Å². The first-order valence-electron chi connectivity index (χ1n) is 6.51. The van der Waals surface area contributed by atoms with Crippen molar-refractivity contribution in [1.82, 2.24) is 4.90 Å². The number of carbonyl (C=O) groups is 1. The Morgan fingerprint density at radius 1 is 0.905 bits per heavy atom. The highest BCUT2D eigenvalue weighted by Crippen LogP contribution is 2.29. The van der Waals surface area contributed by atoms with Crippen molar-refractivity contribution in [3.63, 3.8) is 0 Å². The van der Waals surface area contributed by atoms with E-state index in [1.54, 1.807) is 14.2 Å². The molecule has 0 atom stereocenters. The number of hydrogen-bond donors (Lipinski definition) is 0. The summed E-state index contributed by atoms with van der Waals surface area (Å²) in [5.41, 5.74) is 1.92. The summed E-state index contributed by atoms with van der Waals surface area (Å²) in [6, 6.07) is 14.9. The van der Waals surface area contributed by atoms with Crippen LogP contribution in [0.2, 0.25) is 0 Å². The van der Waals surface area contributed by atoms with E-state index in [0.717, 1.165) is 29.0 Å². The maximum atomic E-state index is 11.2. The van der Waals surface area contributed by atoms with E-state index in [1.807, 2.05) is 48.5 Å². The molecule has 0 aliphatic carbocycles. The highest BCUT2D eigenvalue weighted by atomic mass is 16.5. The number of ether oxygens (including phenoxy) is 2. The fourth-order valence-electron chi connectivity index (χ4n) is 2.21. The third kappa shape index (κ3) is 3.34. The summed E-state index contributed by atoms with van der Waals surface area (Å²) < 4.78 is 10.3. The first kappa shape index (κ1) is 14.9. The Labute approximate surface area is 124 Å². The molecule has 0 aromatic heterocycles. The van der Waals surface area contributed by atoms with Gasteiger partial charge in [-0.2, -0.15) is 0 Å². The molecule has 0 N–H and O–H groups in total. The van der Waals surface area contributed by atoms with Crippen molar-refractivity contribution >= 4 is 6.41 Å². The van der Waals surface area contributed by atoms with Gasteiger partial charge in [-0.15, -0.1) is 0 Å². The zero-order valence-corrected chi connectivity index (χ0v) is 12.2. The minimum Gasteiger partial charge on any atom is -0.497 e. The van der Waals surface area contributed by atoms with Gasteiger partial charge in [0.25, 0.3) is 0 Å². The van der Waals surface area contributed by atoms with E-state index in [4.69, 9.17) is 9.47 Å². The Balaban J connectivity index is 2.38. The molecule has 1 amide bonds. The second-order valence-electron chi connectivity index (χ2n) is 4.57. The average Bonchev–Trinajstić information content (AvgIpc) is 2.56. The number of amides is 1. The third-order valence-corrected chi connectivity index (χ3v) is 3.33. The maximum absolute atomic E-state index is 11.2. The van der Waals surface area contributed by atoms with Gasteiger partial charge in [0.2, 0.25) is 6.41 Å². The summed E-state index contributed by atoms with van der Waals surface area (Å²) in [5, 5.41) is 0. The van der Waals surface area contributed by atoms with Crippen LogP contribution in [-0.2, 0) is 4.79 Å². The largest absolute Gasteiger partial charge is 0.497 e. The normalized spacial score (nSPS) is 10.3. The molecule has 0 heterocycles. The minimum absolute atomic E-state index is 0.251. The summed E-state index contributed by atoms with van der Waals surface area (Å²) in [6.07, 6.45) is 0.721. The van der Waals surface area contributed by atoms with E-state index in [1.165, 1.54) is 4.90 Å². The molecule has 4 heteroatoms. The summed E-state index contributed by atoms with van der Waals surface area (Å²) in [5.74, 6) is 1.54. The fourth-order valence-corrected chi connectivity index (χ4v) is 2.21. The standard InChI is InChI=1S/C17H18NO3/c1-18(12-19)17(13-4-8-15(20-2)9-5-13)14-6-10-16(21-3)11-7-14/h4-12,17H,1H2,2-3H3. The quantitative estimate of drug-likeness (QED) is 0.765. The molecule has 2 aromatic rings. The highest BCUT2D eigenvalue weighted by molar-refractivity contribution is 5.52. The molecule has 0 bridgehead atoms. The van der Waals surface area contributed by atoms with Crippen LogP contribution < -0.4 is 9.47 Å². The molecule has 0 spiro atoms. The molecule has 2 rings (SSSR count). The van der Waals surface area contributed by atoms with E-state index in [2.05, 4.69) is 7.05 Å². The fraction of sp³-hybridized carbons (Fsp3) is 0.176. The molecule has 0 fully saturated rings. The Bertz CT molecular complexity index is 530. The topological polar surface area (TPSA) is 38.8 Å². The minimum atomic E-state index is -0.251. The van der Waals surface area contributed by atoms with Crippen molar-refractivity contribution in [3.05, 3.63) is 66.7 Å². The van der Waals surface area contributed by atoms with Crippen LogP contribution in [-0.4, -0.2) is 25.5 Å². The Morgan fingerprint density at radius 3 is 1.57 bits per heavy atom. The highest BCUT2D eigenvalue weighted by Gasteiger charge is 2.18. The van der Waals surface area contributed by atoms with E-state index < -0.39 is 0 Å². The lowest BCUT2D eigenvalue weighted by atomic mass is 9.97. The van der Waals surface area contributed by atoms with Crippen molar-refractivity contribution in [2.45, 2.75) is 6.04 Å². The predicted molar refractivity (Wildman–Crippen MR) is 81.1 cm³/mol. The lowest BCUT2D eigenvalue weighted by Gasteiger charge is -2.25. The van der Waals surface area contributed by atoms with E-state index in [0.29, 0.717) is 0 Å². The second kappa shape index (κ2) is 6.79. The average molecular weight is 284 g/mol. The molecule has 109 valence electrons. The van der Waals surface area contributed by atoms with Crippen molar-refractivity contribution in [2.24, 2.45) is 0 Å². The molecule has 0 saturated heterocycles. The third-order valence-electron chi connectivity index (χ3n) is 3.33. The van der Waals surface area contributed by atoms with Crippen molar-refractivity contribution in [2.75, 3.05) is 14.2 Å². The van der Waals surface area contributed by atoms with Gasteiger partial charge in [-0.05, 0) is 35.4 Å². The number of benzene rings is 2. The van der Waals surface area contributed by atoms with Crippen LogP contribution >= 0.6 is 0 Å². The van der Waals surface area contributed by atoms with Gasteiger partial charge in [0.05, 0.1) is 20.3 Å². The Kier molecular flexibility index (Phi) is 4.82. The molecule has 0 saturated carbocycles. The number of carbonyl (C=O) groups excluding carboxylic acids is 1. The van der Waals surface area contributed by atoms with Gasteiger partial charge in [0, 0.05) is 7.05 Å². The molecule has 0 aliphatic rings. The smallest absolute Gasteiger partial charge is 0.210 e. The van der Waals surface area contributed by atoms with E-state index in [-0.39, 0.29) is 6.04 Å². The molecule has 4 nitrogen and oxygen atoms in total. The van der Waals surface area contributed by atoms with Crippen molar-refractivity contribution < 1.29 is 14.3 Å². The van der Waals surface area contributed by atoms with Gasteiger partial charge < -0.3 is 14.4 Å². The van der Waals surface area contributed by atoms with E-state index >= 15 is 0 Å². The second-order valence-corrected chi connectivity index (χ2v) is 4.57. The molecule has 0 aliphatic heterocycles. The van der Waals surface area contributed by atoms with Crippen molar-refractivity contribution in [1.29, 1.82) is 0 Å².